The molecule has 0 bridgehead atoms. The first-order valence-corrected chi connectivity index (χ1v) is 9.68. The lowest BCUT2D eigenvalue weighted by Crippen LogP contribution is -2.50. The first-order chi connectivity index (χ1) is 12.5. The number of carbonyl (C=O) groups excluding carboxylic acids is 2. The molecule has 3 aliphatic rings. The number of carbonyl (C=O) groups is 2. The number of hydrogen-bond acceptors (Lipinski definition) is 3. The monoisotopic (exact) mass is 356 g/mol. The zero-order valence-corrected chi connectivity index (χ0v) is 15.8. The van der Waals surface area contributed by atoms with E-state index < -0.39 is 0 Å². The van der Waals surface area contributed by atoms with Gasteiger partial charge in [0.05, 0.1) is 12.5 Å². The third-order valence-electron chi connectivity index (χ3n) is 6.49. The van der Waals surface area contributed by atoms with Crippen LogP contribution in [0.15, 0.2) is 24.3 Å². The molecule has 140 valence electrons. The minimum absolute atomic E-state index is 0.149. The fraction of sp³-hybridized carbons (Fsp3) is 0.619. The molecule has 2 saturated heterocycles. The lowest BCUT2D eigenvalue weighted by molar-refractivity contribution is -0.147. The van der Waals surface area contributed by atoms with Crippen molar-refractivity contribution in [3.8, 4) is 5.75 Å². The van der Waals surface area contributed by atoms with Crippen molar-refractivity contribution in [2.24, 2.45) is 10.8 Å². The normalized spacial score (nSPS) is 27.1. The Morgan fingerprint density at radius 1 is 1.19 bits per heavy atom. The van der Waals surface area contributed by atoms with Crippen LogP contribution in [-0.2, 0) is 16.1 Å². The van der Waals surface area contributed by atoms with Gasteiger partial charge in [-0.05, 0) is 49.8 Å². The van der Waals surface area contributed by atoms with E-state index in [1.165, 1.54) is 0 Å². The summed E-state index contributed by atoms with van der Waals surface area (Å²) >= 11 is 0. The Kier molecular flexibility index (Phi) is 4.20. The molecule has 26 heavy (non-hydrogen) atoms. The Labute approximate surface area is 155 Å². The molecule has 1 aliphatic carbocycles. The van der Waals surface area contributed by atoms with Crippen molar-refractivity contribution in [2.75, 3.05) is 26.7 Å². The van der Waals surface area contributed by atoms with Gasteiger partial charge in [0.15, 0.2) is 0 Å². The number of methoxy groups -OCH3 is 1. The molecule has 2 heterocycles. The van der Waals surface area contributed by atoms with Crippen molar-refractivity contribution in [3.63, 3.8) is 0 Å². The van der Waals surface area contributed by atoms with E-state index in [0.717, 1.165) is 56.5 Å². The van der Waals surface area contributed by atoms with Gasteiger partial charge in [-0.25, -0.2) is 0 Å². The standard InChI is InChI=1S/C21H28N2O3/c1-20(8-9-20)18(24)23-12-10-21(15-23)7-4-11-22(19(21)25)14-16-5-3-6-17(13-16)26-2/h3,5-6,13H,4,7-12,14-15H2,1-2H3/t21-/m1/s1. The molecule has 0 aromatic heterocycles. The lowest BCUT2D eigenvalue weighted by Gasteiger charge is -2.39. The van der Waals surface area contributed by atoms with Gasteiger partial charge in [0.2, 0.25) is 11.8 Å². The van der Waals surface area contributed by atoms with E-state index >= 15 is 0 Å². The Hall–Kier alpha value is -2.04. The van der Waals surface area contributed by atoms with E-state index in [1.54, 1.807) is 7.11 Å². The molecule has 4 rings (SSSR count). The van der Waals surface area contributed by atoms with E-state index in [0.29, 0.717) is 13.1 Å². The van der Waals surface area contributed by atoms with Gasteiger partial charge in [-0.3, -0.25) is 9.59 Å². The zero-order valence-electron chi connectivity index (χ0n) is 15.8. The maximum atomic E-state index is 13.3. The Balaban J connectivity index is 1.47. The highest BCUT2D eigenvalue weighted by Gasteiger charge is 2.54. The maximum Gasteiger partial charge on any atom is 0.230 e. The molecular formula is C21H28N2O3. The van der Waals surface area contributed by atoms with Crippen LogP contribution in [0.3, 0.4) is 0 Å². The second-order valence-electron chi connectivity index (χ2n) is 8.50. The summed E-state index contributed by atoms with van der Waals surface area (Å²) in [6.45, 7) is 4.80. The molecule has 2 amide bonds. The second kappa shape index (κ2) is 6.29. The molecular weight excluding hydrogens is 328 g/mol. The summed E-state index contributed by atoms with van der Waals surface area (Å²) in [4.78, 5) is 29.9. The molecule has 5 nitrogen and oxygen atoms in total. The number of amides is 2. The van der Waals surface area contributed by atoms with E-state index in [1.807, 2.05) is 34.1 Å². The van der Waals surface area contributed by atoms with Crippen LogP contribution in [0.4, 0.5) is 0 Å². The number of ether oxygens (including phenoxy) is 1. The predicted molar refractivity (Wildman–Crippen MR) is 98.6 cm³/mol. The van der Waals surface area contributed by atoms with Crippen molar-refractivity contribution in [1.82, 2.24) is 9.80 Å². The van der Waals surface area contributed by atoms with Crippen LogP contribution in [-0.4, -0.2) is 48.4 Å². The maximum absolute atomic E-state index is 13.3. The highest BCUT2D eigenvalue weighted by atomic mass is 16.5. The summed E-state index contributed by atoms with van der Waals surface area (Å²) in [7, 11) is 1.66. The van der Waals surface area contributed by atoms with Gasteiger partial charge in [0.1, 0.15) is 5.75 Å². The molecule has 0 unspecified atom stereocenters. The van der Waals surface area contributed by atoms with Gasteiger partial charge in [-0.2, -0.15) is 0 Å². The van der Waals surface area contributed by atoms with Gasteiger partial charge < -0.3 is 14.5 Å². The van der Waals surface area contributed by atoms with Crippen LogP contribution in [0, 0.1) is 10.8 Å². The van der Waals surface area contributed by atoms with Gasteiger partial charge >= 0.3 is 0 Å². The van der Waals surface area contributed by atoms with Gasteiger partial charge in [0.25, 0.3) is 0 Å². The number of rotatable bonds is 4. The smallest absolute Gasteiger partial charge is 0.230 e. The van der Waals surface area contributed by atoms with Gasteiger partial charge in [0, 0.05) is 31.6 Å². The topological polar surface area (TPSA) is 49.9 Å². The second-order valence-corrected chi connectivity index (χ2v) is 8.50. The minimum Gasteiger partial charge on any atom is -0.497 e. The van der Waals surface area contributed by atoms with E-state index in [-0.39, 0.29) is 22.6 Å². The van der Waals surface area contributed by atoms with Crippen molar-refractivity contribution < 1.29 is 14.3 Å². The number of piperidine rings is 1. The van der Waals surface area contributed by atoms with Crippen LogP contribution in [0.2, 0.25) is 0 Å². The van der Waals surface area contributed by atoms with Gasteiger partial charge in [-0.15, -0.1) is 0 Å². The number of hydrogen-bond donors (Lipinski definition) is 0. The summed E-state index contributed by atoms with van der Waals surface area (Å²) < 4.78 is 5.29. The van der Waals surface area contributed by atoms with E-state index in [9.17, 15) is 9.59 Å². The fourth-order valence-electron chi connectivity index (χ4n) is 4.50. The summed E-state index contributed by atoms with van der Waals surface area (Å²) in [5, 5.41) is 0. The summed E-state index contributed by atoms with van der Waals surface area (Å²) in [5.74, 6) is 1.30. The molecule has 1 aromatic rings. The van der Waals surface area contributed by atoms with Crippen LogP contribution < -0.4 is 4.74 Å². The molecule has 2 aliphatic heterocycles. The van der Waals surface area contributed by atoms with Crippen LogP contribution in [0.25, 0.3) is 0 Å². The average Bonchev–Trinajstić information content (AvgIpc) is 3.26. The van der Waals surface area contributed by atoms with Crippen LogP contribution >= 0.6 is 0 Å². The van der Waals surface area contributed by atoms with Crippen molar-refractivity contribution in [3.05, 3.63) is 29.8 Å². The fourth-order valence-corrected chi connectivity index (χ4v) is 4.50. The van der Waals surface area contributed by atoms with E-state index in [4.69, 9.17) is 4.74 Å². The highest BCUT2D eigenvalue weighted by molar-refractivity contribution is 5.88. The van der Waals surface area contributed by atoms with Crippen molar-refractivity contribution in [2.45, 2.75) is 45.6 Å². The highest BCUT2D eigenvalue weighted by Crippen LogP contribution is 2.49. The first kappa shape index (κ1) is 17.4. The minimum atomic E-state index is -0.363. The van der Waals surface area contributed by atoms with Crippen LogP contribution in [0.1, 0.15) is 44.6 Å². The molecule has 1 atom stereocenters. The Morgan fingerprint density at radius 3 is 2.73 bits per heavy atom. The molecule has 1 spiro atoms. The summed E-state index contributed by atoms with van der Waals surface area (Å²) in [6, 6.07) is 7.91. The lowest BCUT2D eigenvalue weighted by atomic mass is 9.78. The summed E-state index contributed by atoms with van der Waals surface area (Å²) in [5.41, 5.74) is 0.577. The average molecular weight is 356 g/mol. The quantitative estimate of drug-likeness (QED) is 0.833. The first-order valence-electron chi connectivity index (χ1n) is 9.68. The third-order valence-corrected chi connectivity index (χ3v) is 6.49. The molecule has 0 radical (unpaired) electrons. The number of nitrogens with zero attached hydrogens (tertiary/aromatic N) is 2. The van der Waals surface area contributed by atoms with Gasteiger partial charge in [-0.1, -0.05) is 19.1 Å². The molecule has 3 fully saturated rings. The third kappa shape index (κ3) is 2.97. The Morgan fingerprint density at radius 2 is 2.00 bits per heavy atom. The number of likely N-dealkylation sites (tertiary alicyclic amines) is 2. The SMILES string of the molecule is COc1cccc(CN2CCC[C@]3(CCN(C(=O)C4(C)CC4)C3)C2=O)c1. The molecule has 0 N–H and O–H groups in total. The predicted octanol–water partition coefficient (Wildman–Crippen LogP) is 2.84. The summed E-state index contributed by atoms with van der Waals surface area (Å²) in [6.07, 6.45) is 4.70. The van der Waals surface area contributed by atoms with Crippen molar-refractivity contribution >= 4 is 11.8 Å². The Bertz CT molecular complexity index is 728. The zero-order chi connectivity index (χ0) is 18.4. The molecule has 5 heteroatoms. The largest absolute Gasteiger partial charge is 0.497 e. The van der Waals surface area contributed by atoms with Crippen molar-refractivity contribution in [1.29, 1.82) is 0 Å². The van der Waals surface area contributed by atoms with E-state index in [2.05, 4.69) is 6.92 Å². The molecule has 1 aromatic carbocycles. The van der Waals surface area contributed by atoms with Crippen LogP contribution in [0.5, 0.6) is 5.75 Å². The number of benzene rings is 1. The molecule has 1 saturated carbocycles.